The van der Waals surface area contributed by atoms with Gasteiger partial charge in [-0.1, -0.05) is 24.3 Å². The number of benzene rings is 2. The van der Waals surface area contributed by atoms with Crippen LogP contribution in [0.25, 0.3) is 11.3 Å². The number of nitrogens with zero attached hydrogens (tertiary/aromatic N) is 8. The molecule has 3 aliphatic rings. The number of hydrogen-bond acceptors (Lipinski definition) is 15. The van der Waals surface area contributed by atoms with Crippen LogP contribution >= 0.6 is 0 Å². The van der Waals surface area contributed by atoms with Gasteiger partial charge in [0.05, 0.1) is 40.2 Å². The first-order valence-electron chi connectivity index (χ1n) is 19.6. The Bertz CT molecular complexity index is 2120. The van der Waals surface area contributed by atoms with Crippen molar-refractivity contribution >= 4 is 29.8 Å². The Hall–Kier alpha value is -6.42. The highest BCUT2D eigenvalue weighted by Crippen LogP contribution is 2.38. The van der Waals surface area contributed by atoms with Gasteiger partial charge in [-0.15, -0.1) is 0 Å². The van der Waals surface area contributed by atoms with E-state index in [0.717, 1.165) is 51.0 Å². The van der Waals surface area contributed by atoms with Gasteiger partial charge < -0.3 is 43.7 Å². The summed E-state index contributed by atoms with van der Waals surface area (Å²) in [6, 6.07) is 16.0. The summed E-state index contributed by atoms with van der Waals surface area (Å²) in [7, 11) is 4.60. The van der Waals surface area contributed by atoms with Crippen LogP contribution in [0.2, 0.25) is 0 Å². The number of allylic oxidation sites excluding steroid dienone is 1. The smallest absolute Gasteiger partial charge is 0.416 e. The number of carbonyl (C=O) groups is 2. The first-order valence-corrected chi connectivity index (χ1v) is 19.6. The van der Waals surface area contributed by atoms with Gasteiger partial charge in [0.15, 0.2) is 0 Å². The lowest BCUT2D eigenvalue weighted by molar-refractivity contribution is -0.141. The van der Waals surface area contributed by atoms with Crippen LogP contribution in [0.4, 0.5) is 22.5 Å². The third-order valence-electron chi connectivity index (χ3n) is 9.98. The second-order valence-electron chi connectivity index (χ2n) is 15.2. The van der Waals surface area contributed by atoms with Crippen LogP contribution in [0.5, 0.6) is 11.5 Å². The highest BCUT2D eigenvalue weighted by Gasteiger charge is 2.33. The second-order valence-corrected chi connectivity index (χ2v) is 15.2. The molecule has 0 unspecified atom stereocenters. The number of dihydropyridines is 1. The first-order chi connectivity index (χ1) is 28.5. The Balaban J connectivity index is 1.22. The summed E-state index contributed by atoms with van der Waals surface area (Å²) in [6.45, 7) is 9.59. The molecule has 1 amide bonds. The predicted octanol–water partition coefficient (Wildman–Crippen LogP) is 5.10. The molecule has 1 N–H and O–H groups in total. The quantitative estimate of drug-likeness (QED) is 0.178. The lowest BCUT2D eigenvalue weighted by Gasteiger charge is -2.32. The molecular formula is C43H51N9O7. The van der Waals surface area contributed by atoms with Crippen LogP contribution in [0.15, 0.2) is 84.6 Å². The van der Waals surface area contributed by atoms with Crippen LogP contribution in [-0.4, -0.2) is 110 Å². The van der Waals surface area contributed by atoms with E-state index in [2.05, 4.69) is 20.0 Å². The zero-order valence-electron chi connectivity index (χ0n) is 34.4. The molecule has 7 rings (SSSR count). The second kappa shape index (κ2) is 18.0. The number of anilines is 3. The molecule has 0 atom stereocenters. The molecule has 0 spiro atoms. The zero-order valence-corrected chi connectivity index (χ0v) is 34.4. The highest BCUT2D eigenvalue weighted by atomic mass is 16.6. The largest absolute Gasteiger partial charge is 0.497 e. The fourth-order valence-corrected chi connectivity index (χ4v) is 6.98. The van der Waals surface area contributed by atoms with E-state index < -0.39 is 17.7 Å². The van der Waals surface area contributed by atoms with Crippen LogP contribution < -0.4 is 29.5 Å². The van der Waals surface area contributed by atoms with Gasteiger partial charge in [-0.2, -0.15) is 4.98 Å². The van der Waals surface area contributed by atoms with E-state index in [9.17, 15) is 9.59 Å². The van der Waals surface area contributed by atoms with Crippen molar-refractivity contribution in [1.82, 2.24) is 30.2 Å². The average molecular weight is 806 g/mol. The number of amides is 1. The number of ether oxygens (including phenoxy) is 5. The summed E-state index contributed by atoms with van der Waals surface area (Å²) in [5.41, 5.74) is 4.68. The van der Waals surface area contributed by atoms with Gasteiger partial charge in [0.25, 0.3) is 0 Å². The van der Waals surface area contributed by atoms with Crippen molar-refractivity contribution in [2.45, 2.75) is 45.9 Å². The summed E-state index contributed by atoms with van der Waals surface area (Å²) >= 11 is 0. The average Bonchev–Trinajstić information content (AvgIpc) is 3.69. The lowest BCUT2D eigenvalue weighted by atomic mass is 10.1. The highest BCUT2D eigenvalue weighted by molar-refractivity contribution is 5.80. The maximum absolute atomic E-state index is 13.4. The van der Waals surface area contributed by atoms with Crippen molar-refractivity contribution in [2.24, 2.45) is 0 Å². The van der Waals surface area contributed by atoms with Gasteiger partial charge in [0.1, 0.15) is 35.3 Å². The molecular weight excluding hydrogens is 755 g/mol. The van der Waals surface area contributed by atoms with Crippen molar-refractivity contribution < 1.29 is 33.3 Å². The van der Waals surface area contributed by atoms with Crippen molar-refractivity contribution in [3.8, 4) is 22.8 Å². The number of morpholine rings is 1. The summed E-state index contributed by atoms with van der Waals surface area (Å²) in [5.74, 6) is 3.32. The van der Waals surface area contributed by atoms with Crippen LogP contribution in [0.1, 0.15) is 37.5 Å². The number of nitrogens with one attached hydrogen (secondary N) is 1. The molecule has 1 fully saturated rings. The van der Waals surface area contributed by atoms with Gasteiger partial charge in [-0.25, -0.2) is 19.7 Å². The third-order valence-corrected chi connectivity index (χ3v) is 9.98. The number of fused-ring (bicyclic) bond motifs is 1. The van der Waals surface area contributed by atoms with Crippen LogP contribution in [0, 0.1) is 0 Å². The Labute approximate surface area is 344 Å². The van der Waals surface area contributed by atoms with E-state index >= 15 is 0 Å². The van der Waals surface area contributed by atoms with Gasteiger partial charge >= 0.3 is 12.1 Å². The van der Waals surface area contributed by atoms with E-state index in [1.54, 1.807) is 35.0 Å². The Morgan fingerprint density at radius 2 is 1.49 bits per heavy atom. The number of hydrogen-bond donors (Lipinski definition) is 1. The topological polar surface area (TPSA) is 157 Å². The molecule has 4 aromatic rings. The van der Waals surface area contributed by atoms with Crippen LogP contribution in [-0.2, 0) is 38.5 Å². The first kappa shape index (κ1) is 40.8. The minimum Gasteiger partial charge on any atom is -0.497 e. The van der Waals surface area contributed by atoms with Gasteiger partial charge in [0.2, 0.25) is 11.9 Å². The molecule has 0 aliphatic carbocycles. The minimum absolute atomic E-state index is 0.324. The summed E-state index contributed by atoms with van der Waals surface area (Å²) in [4.78, 5) is 53.6. The Morgan fingerprint density at radius 1 is 0.864 bits per heavy atom. The van der Waals surface area contributed by atoms with Gasteiger partial charge in [-0.05, 0) is 68.7 Å². The van der Waals surface area contributed by atoms with Crippen molar-refractivity contribution in [3.05, 3.63) is 101 Å². The molecule has 0 radical (unpaired) electrons. The molecule has 1 saturated heterocycles. The number of esters is 1. The van der Waals surface area contributed by atoms with Crippen molar-refractivity contribution in [1.29, 1.82) is 0 Å². The number of methoxy groups -OCH3 is 3. The predicted molar refractivity (Wildman–Crippen MR) is 222 cm³/mol. The molecule has 3 aliphatic heterocycles. The van der Waals surface area contributed by atoms with Gasteiger partial charge in [-0.3, -0.25) is 9.69 Å². The molecule has 0 bridgehead atoms. The fourth-order valence-electron chi connectivity index (χ4n) is 6.98. The molecule has 5 heterocycles. The number of carbonyl (C=O) groups excluding carboxylic acids is 2. The lowest BCUT2D eigenvalue weighted by Crippen LogP contribution is -2.44. The number of aromatic nitrogens is 4. The molecule has 0 saturated carbocycles. The maximum atomic E-state index is 13.4. The Morgan fingerprint density at radius 3 is 2.07 bits per heavy atom. The summed E-state index contributed by atoms with van der Waals surface area (Å²) < 4.78 is 27.0. The SMILES string of the molecule is COC(=O)CN(C(=O)OC(C)(C)C)C1=CC(N2CCc3c(-c4cnc(N(Cc5ccc(OC)cc5)Cc5ccc(OC)cc5)nc4)nc(N4CCOCC4)nc32)=CCN1. The molecule has 59 heavy (non-hydrogen) atoms. The van der Waals surface area contributed by atoms with Gasteiger partial charge in [0, 0.05) is 74.6 Å². The Kier molecular flexibility index (Phi) is 12.4. The number of rotatable bonds is 13. The van der Waals surface area contributed by atoms with Crippen molar-refractivity contribution in [2.75, 3.05) is 82.0 Å². The van der Waals surface area contributed by atoms with Crippen LogP contribution in [0.3, 0.4) is 0 Å². The van der Waals surface area contributed by atoms with E-state index in [1.165, 1.54) is 12.0 Å². The zero-order chi connectivity index (χ0) is 41.5. The summed E-state index contributed by atoms with van der Waals surface area (Å²) in [5, 5.41) is 3.24. The van der Waals surface area contributed by atoms with E-state index in [-0.39, 0.29) is 6.54 Å². The van der Waals surface area contributed by atoms with E-state index in [1.807, 2.05) is 73.1 Å². The standard InChI is InChI=1S/C43H51N9O7/c1-43(2,3)59-42(54)52(28-37(53)57-6)36-23-32(15-17-44-36)51-18-16-35-38(47-41(48-39(35)51)49-19-21-58-22-20-49)31-24-45-40(46-25-31)50(26-29-7-11-33(55-4)12-8-29)27-30-9-13-34(56-5)14-10-30/h7-15,23-25,44H,16-22,26-28H2,1-6H3. The molecule has 16 heteroatoms. The van der Waals surface area contributed by atoms with E-state index in [4.69, 9.17) is 43.6 Å². The molecule has 16 nitrogen and oxygen atoms in total. The molecule has 2 aromatic heterocycles. The normalized spacial score (nSPS) is 15.0. The monoisotopic (exact) mass is 805 g/mol. The third kappa shape index (κ3) is 9.83. The molecule has 310 valence electrons. The van der Waals surface area contributed by atoms with E-state index in [0.29, 0.717) is 76.6 Å². The molecule has 2 aromatic carbocycles. The van der Waals surface area contributed by atoms with Crippen molar-refractivity contribution in [3.63, 3.8) is 0 Å². The fraction of sp³-hybridized carbons (Fsp3) is 0.395. The maximum Gasteiger partial charge on any atom is 0.416 e. The minimum atomic E-state index is -0.774. The summed E-state index contributed by atoms with van der Waals surface area (Å²) in [6.07, 6.45) is 7.51.